The molecule has 0 radical (unpaired) electrons. The molecule has 2 heterocycles. The highest BCUT2D eigenvalue weighted by atomic mass is 19.1. The molecule has 0 spiro atoms. The molecule has 0 saturated heterocycles. The maximum Gasteiger partial charge on any atom is 0.205 e. The summed E-state index contributed by atoms with van der Waals surface area (Å²) < 4.78 is 20.9. The summed E-state index contributed by atoms with van der Waals surface area (Å²) in [5, 5.41) is 0.663. The number of hydrogen-bond donors (Lipinski definition) is 0. The zero-order valence-electron chi connectivity index (χ0n) is 11.9. The molecular formula is C18H14FNO2. The van der Waals surface area contributed by atoms with Crippen LogP contribution in [0.1, 0.15) is 12.0 Å². The number of pyridine rings is 1. The molecule has 0 saturated carbocycles. The molecule has 2 aromatic carbocycles. The van der Waals surface area contributed by atoms with Gasteiger partial charge in [0, 0.05) is 11.1 Å². The first kappa shape index (κ1) is 13.1. The minimum atomic E-state index is -0.288. The summed E-state index contributed by atoms with van der Waals surface area (Å²) in [6.07, 6.45) is 1.55. The number of aromatic nitrogens is 1. The van der Waals surface area contributed by atoms with Crippen LogP contribution in [0.25, 0.3) is 16.6 Å². The van der Waals surface area contributed by atoms with E-state index in [1.54, 1.807) is 12.1 Å². The molecule has 1 aliphatic heterocycles. The number of hydrogen-bond acceptors (Lipinski definition) is 2. The molecule has 22 heavy (non-hydrogen) atoms. The van der Waals surface area contributed by atoms with Crippen molar-refractivity contribution in [1.82, 2.24) is 4.57 Å². The summed E-state index contributed by atoms with van der Waals surface area (Å²) in [5.41, 5.74) is 2.30. The number of ether oxygens (including phenoxy) is 1. The van der Waals surface area contributed by atoms with Crippen molar-refractivity contribution in [2.75, 3.05) is 6.61 Å². The van der Waals surface area contributed by atoms with Gasteiger partial charge in [-0.15, -0.1) is 0 Å². The maximum atomic E-state index is 13.2. The van der Waals surface area contributed by atoms with Gasteiger partial charge in [-0.2, -0.15) is 0 Å². The van der Waals surface area contributed by atoms with Crippen LogP contribution in [0.5, 0.6) is 5.88 Å². The minimum Gasteiger partial charge on any atom is -0.478 e. The third-order valence-electron chi connectivity index (χ3n) is 4.02. The predicted octanol–water partition coefficient (Wildman–Crippen LogP) is 3.45. The molecule has 0 atom stereocenters. The fourth-order valence-electron chi connectivity index (χ4n) is 3.00. The van der Waals surface area contributed by atoms with Crippen LogP contribution < -0.4 is 10.2 Å². The van der Waals surface area contributed by atoms with Crippen molar-refractivity contribution in [2.45, 2.75) is 12.8 Å². The van der Waals surface area contributed by atoms with Crippen LogP contribution in [0.15, 0.2) is 53.3 Å². The molecule has 110 valence electrons. The highest BCUT2D eigenvalue weighted by Gasteiger charge is 2.21. The van der Waals surface area contributed by atoms with Crippen molar-refractivity contribution in [3.8, 4) is 11.6 Å². The molecule has 0 bridgehead atoms. The van der Waals surface area contributed by atoms with Crippen LogP contribution in [-0.2, 0) is 6.42 Å². The van der Waals surface area contributed by atoms with Gasteiger partial charge in [0.15, 0.2) is 5.43 Å². The summed E-state index contributed by atoms with van der Waals surface area (Å²) in [7, 11) is 0. The van der Waals surface area contributed by atoms with E-state index in [1.165, 1.54) is 12.1 Å². The Hall–Kier alpha value is -2.62. The average molecular weight is 295 g/mol. The van der Waals surface area contributed by atoms with Crippen molar-refractivity contribution in [3.63, 3.8) is 0 Å². The number of halogens is 1. The van der Waals surface area contributed by atoms with Gasteiger partial charge >= 0.3 is 0 Å². The van der Waals surface area contributed by atoms with Crippen molar-refractivity contribution >= 4 is 10.9 Å². The van der Waals surface area contributed by atoms with Gasteiger partial charge in [-0.05, 0) is 49.2 Å². The van der Waals surface area contributed by atoms with E-state index in [-0.39, 0.29) is 11.2 Å². The standard InChI is InChI=1S/C18H14FNO2/c19-12-7-9-13(10-8-12)20-16-6-2-1-4-14(16)17(21)15-5-3-11-22-18(15)20/h1-2,4,6-10H,3,5,11H2. The molecule has 4 rings (SSSR count). The summed E-state index contributed by atoms with van der Waals surface area (Å²) in [4.78, 5) is 12.7. The summed E-state index contributed by atoms with van der Waals surface area (Å²) in [6, 6.07) is 13.7. The molecule has 1 aromatic heterocycles. The normalized spacial score (nSPS) is 13.7. The van der Waals surface area contributed by atoms with E-state index in [0.29, 0.717) is 29.9 Å². The molecule has 0 aliphatic carbocycles. The maximum absolute atomic E-state index is 13.2. The second-order valence-electron chi connectivity index (χ2n) is 5.39. The van der Waals surface area contributed by atoms with E-state index in [1.807, 2.05) is 28.8 Å². The van der Waals surface area contributed by atoms with Gasteiger partial charge in [0.25, 0.3) is 0 Å². The van der Waals surface area contributed by atoms with Gasteiger partial charge in [-0.3, -0.25) is 9.36 Å². The third kappa shape index (κ3) is 1.91. The fraction of sp³-hybridized carbons (Fsp3) is 0.167. The molecule has 0 amide bonds. The monoisotopic (exact) mass is 295 g/mol. The van der Waals surface area contributed by atoms with E-state index in [0.717, 1.165) is 17.6 Å². The lowest BCUT2D eigenvalue weighted by Crippen LogP contribution is -2.23. The molecule has 1 aliphatic rings. The quantitative estimate of drug-likeness (QED) is 0.688. The number of para-hydroxylation sites is 1. The molecule has 3 aromatic rings. The largest absolute Gasteiger partial charge is 0.478 e. The molecule has 0 N–H and O–H groups in total. The Morgan fingerprint density at radius 3 is 2.64 bits per heavy atom. The van der Waals surface area contributed by atoms with Crippen molar-refractivity contribution < 1.29 is 9.13 Å². The van der Waals surface area contributed by atoms with Crippen molar-refractivity contribution in [1.29, 1.82) is 0 Å². The Bertz CT molecular complexity index is 913. The van der Waals surface area contributed by atoms with E-state index in [2.05, 4.69) is 0 Å². The molecule has 3 nitrogen and oxygen atoms in total. The molecule has 0 fully saturated rings. The van der Waals surface area contributed by atoms with Crippen LogP contribution in [0.3, 0.4) is 0 Å². The smallest absolute Gasteiger partial charge is 0.205 e. The lowest BCUT2D eigenvalue weighted by Gasteiger charge is -2.23. The summed E-state index contributed by atoms with van der Waals surface area (Å²) in [6.45, 7) is 0.589. The van der Waals surface area contributed by atoms with Crippen LogP contribution in [0, 0.1) is 5.82 Å². The van der Waals surface area contributed by atoms with Gasteiger partial charge in [0.2, 0.25) is 5.88 Å². The summed E-state index contributed by atoms with van der Waals surface area (Å²) >= 11 is 0. The number of benzene rings is 2. The highest BCUT2D eigenvalue weighted by Crippen LogP contribution is 2.30. The van der Waals surface area contributed by atoms with Crippen molar-refractivity contribution in [3.05, 3.63) is 70.1 Å². The first-order valence-electron chi connectivity index (χ1n) is 7.31. The van der Waals surface area contributed by atoms with Crippen LogP contribution >= 0.6 is 0 Å². The van der Waals surface area contributed by atoms with Crippen LogP contribution in [0.2, 0.25) is 0 Å². The Kier molecular flexibility index (Phi) is 2.96. The summed E-state index contributed by atoms with van der Waals surface area (Å²) in [5.74, 6) is 0.297. The Balaban J connectivity index is 2.14. The second kappa shape index (κ2) is 4.98. The van der Waals surface area contributed by atoms with Crippen molar-refractivity contribution in [2.24, 2.45) is 0 Å². The highest BCUT2D eigenvalue weighted by molar-refractivity contribution is 5.83. The van der Waals surface area contributed by atoms with Crippen LogP contribution in [-0.4, -0.2) is 11.2 Å². The van der Waals surface area contributed by atoms with Gasteiger partial charge in [-0.25, -0.2) is 4.39 Å². The SMILES string of the molecule is O=c1c2c(n(-c3ccc(F)cc3)c3ccccc13)OCCC2. The molecular weight excluding hydrogens is 281 g/mol. The second-order valence-corrected chi connectivity index (χ2v) is 5.39. The average Bonchev–Trinajstić information content (AvgIpc) is 2.57. The first-order valence-corrected chi connectivity index (χ1v) is 7.31. The first-order chi connectivity index (χ1) is 10.8. The number of nitrogens with zero attached hydrogens (tertiary/aromatic N) is 1. The number of rotatable bonds is 1. The van der Waals surface area contributed by atoms with E-state index >= 15 is 0 Å². The lowest BCUT2D eigenvalue weighted by molar-refractivity contribution is 0.270. The van der Waals surface area contributed by atoms with E-state index in [4.69, 9.17) is 4.74 Å². The Morgan fingerprint density at radius 1 is 1.05 bits per heavy atom. The van der Waals surface area contributed by atoms with Crippen LogP contribution in [0.4, 0.5) is 4.39 Å². The van der Waals surface area contributed by atoms with E-state index < -0.39 is 0 Å². The minimum absolute atomic E-state index is 0.0312. The zero-order valence-corrected chi connectivity index (χ0v) is 11.9. The lowest BCUT2D eigenvalue weighted by atomic mass is 10.0. The molecule has 0 unspecified atom stereocenters. The predicted molar refractivity (Wildman–Crippen MR) is 83.3 cm³/mol. The zero-order chi connectivity index (χ0) is 15.1. The van der Waals surface area contributed by atoms with E-state index in [9.17, 15) is 9.18 Å². The van der Waals surface area contributed by atoms with Gasteiger partial charge in [0.1, 0.15) is 5.82 Å². The van der Waals surface area contributed by atoms with Gasteiger partial charge in [-0.1, -0.05) is 12.1 Å². The van der Waals surface area contributed by atoms with Gasteiger partial charge in [0.05, 0.1) is 17.7 Å². The third-order valence-corrected chi connectivity index (χ3v) is 4.02. The Morgan fingerprint density at radius 2 is 1.82 bits per heavy atom. The van der Waals surface area contributed by atoms with Gasteiger partial charge < -0.3 is 4.74 Å². The topological polar surface area (TPSA) is 31.2 Å². The Labute approximate surface area is 126 Å². The molecule has 4 heteroatoms. The fourth-order valence-corrected chi connectivity index (χ4v) is 3.00. The number of fused-ring (bicyclic) bond motifs is 2.